The zero-order valence-electron chi connectivity index (χ0n) is 16.6. The topological polar surface area (TPSA) is 68.9 Å². The molecule has 0 saturated heterocycles. The average Bonchev–Trinajstić information content (AvgIpc) is 3.07. The molecule has 0 unspecified atom stereocenters. The molecule has 0 aliphatic carbocycles. The van der Waals surface area contributed by atoms with Crippen molar-refractivity contribution in [3.8, 4) is 0 Å². The summed E-state index contributed by atoms with van der Waals surface area (Å²) in [7, 11) is 1.63. The normalized spacial score (nSPS) is 12.3. The Bertz CT molecular complexity index is 1220. The SMILES string of the molecule is CC[C@@H](C(=O)NCCc1ccccc1)n1c2ccccc2c2cnn(C)c(=O)c21. The minimum atomic E-state index is -0.469. The van der Waals surface area contributed by atoms with Gasteiger partial charge in [0.1, 0.15) is 11.6 Å². The standard InChI is InChI=1S/C23H24N4O2/c1-3-19(22(28)24-14-13-16-9-5-4-6-10-16)27-20-12-8-7-11-17(20)18-15-25-26(2)23(29)21(18)27/h4-12,15,19H,3,13-14H2,1-2H3,(H,24,28)/t19-/m0/s1. The van der Waals surface area contributed by atoms with Crippen LogP contribution in [0, 0.1) is 0 Å². The van der Waals surface area contributed by atoms with E-state index in [1.807, 2.05) is 66.1 Å². The third kappa shape index (κ3) is 3.42. The summed E-state index contributed by atoms with van der Waals surface area (Å²) in [6.45, 7) is 2.52. The molecule has 0 saturated carbocycles. The first-order chi connectivity index (χ1) is 14.1. The number of hydrogen-bond donors (Lipinski definition) is 1. The number of para-hydroxylation sites is 1. The third-order valence-electron chi connectivity index (χ3n) is 5.36. The quantitative estimate of drug-likeness (QED) is 0.551. The number of fused-ring (bicyclic) bond motifs is 3. The molecule has 0 aliphatic heterocycles. The summed E-state index contributed by atoms with van der Waals surface area (Å²) in [5.74, 6) is -0.0788. The lowest BCUT2D eigenvalue weighted by Crippen LogP contribution is -2.34. The molecule has 0 bridgehead atoms. The van der Waals surface area contributed by atoms with E-state index in [0.29, 0.717) is 18.5 Å². The number of rotatable bonds is 6. The summed E-state index contributed by atoms with van der Waals surface area (Å²) in [6, 6.07) is 17.4. The van der Waals surface area contributed by atoms with Gasteiger partial charge in [0, 0.05) is 24.4 Å². The highest BCUT2D eigenvalue weighted by atomic mass is 16.2. The summed E-state index contributed by atoms with van der Waals surface area (Å²) in [6.07, 6.45) is 3.05. The van der Waals surface area contributed by atoms with E-state index in [2.05, 4.69) is 10.4 Å². The summed E-state index contributed by atoms with van der Waals surface area (Å²) >= 11 is 0. The third-order valence-corrected chi connectivity index (χ3v) is 5.36. The number of aryl methyl sites for hydroxylation is 1. The molecule has 2 aromatic heterocycles. The van der Waals surface area contributed by atoms with Crippen LogP contribution in [0.25, 0.3) is 21.8 Å². The lowest BCUT2D eigenvalue weighted by molar-refractivity contribution is -0.124. The van der Waals surface area contributed by atoms with Crippen LogP contribution in [0.3, 0.4) is 0 Å². The smallest absolute Gasteiger partial charge is 0.291 e. The average molecular weight is 388 g/mol. The number of aromatic nitrogens is 3. The molecule has 29 heavy (non-hydrogen) atoms. The van der Waals surface area contributed by atoms with Gasteiger partial charge in [0.2, 0.25) is 5.91 Å². The molecule has 0 spiro atoms. The zero-order valence-corrected chi connectivity index (χ0v) is 16.6. The van der Waals surface area contributed by atoms with Crippen molar-refractivity contribution in [2.24, 2.45) is 7.05 Å². The van der Waals surface area contributed by atoms with Gasteiger partial charge in [-0.15, -0.1) is 0 Å². The Morgan fingerprint density at radius 1 is 1.07 bits per heavy atom. The molecule has 6 heteroatoms. The molecule has 0 aliphatic rings. The summed E-state index contributed by atoms with van der Waals surface area (Å²) in [5.41, 5.74) is 2.37. The van der Waals surface area contributed by atoms with E-state index >= 15 is 0 Å². The molecule has 1 amide bonds. The number of nitrogens with zero attached hydrogens (tertiary/aromatic N) is 3. The lowest BCUT2D eigenvalue weighted by Gasteiger charge is -2.19. The van der Waals surface area contributed by atoms with E-state index in [0.717, 1.165) is 22.7 Å². The minimum absolute atomic E-state index is 0.0788. The lowest BCUT2D eigenvalue weighted by atomic mass is 10.1. The second kappa shape index (κ2) is 7.91. The monoisotopic (exact) mass is 388 g/mol. The van der Waals surface area contributed by atoms with Crippen LogP contribution in [0.15, 0.2) is 65.6 Å². The molecule has 4 aromatic rings. The second-order valence-corrected chi connectivity index (χ2v) is 7.17. The van der Waals surface area contributed by atoms with Gasteiger partial charge in [-0.2, -0.15) is 5.10 Å². The first kappa shape index (κ1) is 18.9. The largest absolute Gasteiger partial charge is 0.354 e. The highest BCUT2D eigenvalue weighted by Gasteiger charge is 2.25. The van der Waals surface area contributed by atoms with Crippen molar-refractivity contribution in [1.29, 1.82) is 0 Å². The van der Waals surface area contributed by atoms with Gasteiger partial charge < -0.3 is 9.88 Å². The molecule has 1 atom stereocenters. The van der Waals surface area contributed by atoms with Crippen LogP contribution in [0.4, 0.5) is 0 Å². The fourth-order valence-electron chi connectivity index (χ4n) is 3.89. The number of hydrogen-bond acceptors (Lipinski definition) is 3. The Labute approximate surface area is 168 Å². The van der Waals surface area contributed by atoms with Crippen LogP contribution in [-0.4, -0.2) is 26.8 Å². The number of benzene rings is 2. The minimum Gasteiger partial charge on any atom is -0.354 e. The second-order valence-electron chi connectivity index (χ2n) is 7.17. The first-order valence-electron chi connectivity index (χ1n) is 9.88. The molecule has 0 radical (unpaired) electrons. The Morgan fingerprint density at radius 2 is 1.79 bits per heavy atom. The van der Waals surface area contributed by atoms with Gasteiger partial charge in [-0.3, -0.25) is 9.59 Å². The van der Waals surface area contributed by atoms with Crippen molar-refractivity contribution in [2.45, 2.75) is 25.8 Å². The van der Waals surface area contributed by atoms with Crippen molar-refractivity contribution in [2.75, 3.05) is 6.54 Å². The summed E-state index contributed by atoms with van der Waals surface area (Å²) in [5, 5.41) is 8.93. The van der Waals surface area contributed by atoms with Crippen molar-refractivity contribution in [1.82, 2.24) is 19.7 Å². The number of carbonyl (C=O) groups is 1. The van der Waals surface area contributed by atoms with Crippen LogP contribution in [0.2, 0.25) is 0 Å². The van der Waals surface area contributed by atoms with Crippen LogP contribution in [0.1, 0.15) is 24.9 Å². The molecule has 4 rings (SSSR count). The summed E-state index contributed by atoms with van der Waals surface area (Å²) < 4.78 is 3.20. The van der Waals surface area contributed by atoms with E-state index in [-0.39, 0.29) is 11.5 Å². The van der Waals surface area contributed by atoms with Gasteiger partial charge in [0.15, 0.2) is 0 Å². The number of amides is 1. The number of carbonyl (C=O) groups excluding carboxylic acids is 1. The summed E-state index contributed by atoms with van der Waals surface area (Å²) in [4.78, 5) is 26.0. The van der Waals surface area contributed by atoms with Gasteiger partial charge in [-0.25, -0.2) is 4.68 Å². The maximum Gasteiger partial charge on any atom is 0.291 e. The maximum atomic E-state index is 13.1. The fraction of sp³-hybridized carbons (Fsp3) is 0.261. The zero-order chi connectivity index (χ0) is 20.4. The molecule has 1 N–H and O–H groups in total. The van der Waals surface area contributed by atoms with E-state index < -0.39 is 6.04 Å². The van der Waals surface area contributed by atoms with E-state index in [1.54, 1.807) is 13.2 Å². The molecule has 2 aromatic carbocycles. The van der Waals surface area contributed by atoms with E-state index in [9.17, 15) is 9.59 Å². The van der Waals surface area contributed by atoms with Crippen LogP contribution in [0.5, 0.6) is 0 Å². The van der Waals surface area contributed by atoms with Crippen LogP contribution < -0.4 is 10.9 Å². The van der Waals surface area contributed by atoms with Gasteiger partial charge in [0.25, 0.3) is 5.56 Å². The van der Waals surface area contributed by atoms with Gasteiger partial charge in [-0.1, -0.05) is 55.5 Å². The van der Waals surface area contributed by atoms with Crippen LogP contribution >= 0.6 is 0 Å². The molecular weight excluding hydrogens is 364 g/mol. The highest BCUT2D eigenvalue weighted by molar-refractivity contribution is 6.08. The first-order valence-corrected chi connectivity index (χ1v) is 9.88. The predicted molar refractivity (Wildman–Crippen MR) is 115 cm³/mol. The van der Waals surface area contributed by atoms with Gasteiger partial charge in [0.05, 0.1) is 11.7 Å². The Kier molecular flexibility index (Phi) is 5.16. The maximum absolute atomic E-state index is 13.1. The van der Waals surface area contributed by atoms with Gasteiger partial charge in [-0.05, 0) is 24.5 Å². The van der Waals surface area contributed by atoms with E-state index in [1.165, 1.54) is 10.2 Å². The number of nitrogens with one attached hydrogen (secondary N) is 1. The van der Waals surface area contributed by atoms with Crippen molar-refractivity contribution < 1.29 is 4.79 Å². The Balaban J connectivity index is 1.71. The highest BCUT2D eigenvalue weighted by Crippen LogP contribution is 2.30. The Morgan fingerprint density at radius 3 is 2.55 bits per heavy atom. The van der Waals surface area contributed by atoms with Crippen molar-refractivity contribution >= 4 is 27.7 Å². The molecular formula is C23H24N4O2. The fourth-order valence-corrected chi connectivity index (χ4v) is 3.89. The predicted octanol–water partition coefficient (Wildman–Crippen LogP) is 3.20. The van der Waals surface area contributed by atoms with Gasteiger partial charge >= 0.3 is 0 Å². The van der Waals surface area contributed by atoms with Crippen LogP contribution in [-0.2, 0) is 18.3 Å². The molecule has 6 nitrogen and oxygen atoms in total. The molecule has 148 valence electrons. The molecule has 2 heterocycles. The Hall–Kier alpha value is -3.41. The van der Waals surface area contributed by atoms with E-state index in [4.69, 9.17) is 0 Å². The molecule has 0 fully saturated rings. The van der Waals surface area contributed by atoms with Crippen molar-refractivity contribution in [3.63, 3.8) is 0 Å². The van der Waals surface area contributed by atoms with Crippen molar-refractivity contribution in [3.05, 3.63) is 76.7 Å².